The van der Waals surface area contributed by atoms with Crippen molar-refractivity contribution in [3.05, 3.63) is 53.6 Å². The summed E-state index contributed by atoms with van der Waals surface area (Å²) in [5.41, 5.74) is 8.79. The molecule has 0 fully saturated rings. The first-order chi connectivity index (χ1) is 12.9. The van der Waals surface area contributed by atoms with Crippen LogP contribution in [0, 0.1) is 0 Å². The van der Waals surface area contributed by atoms with Gasteiger partial charge in [0.15, 0.2) is 0 Å². The van der Waals surface area contributed by atoms with Crippen LogP contribution in [0.3, 0.4) is 0 Å². The lowest BCUT2D eigenvalue weighted by Gasteiger charge is -2.30. The Kier molecular flexibility index (Phi) is 5.79. The van der Waals surface area contributed by atoms with Crippen LogP contribution in [0.2, 0.25) is 0 Å². The topological polar surface area (TPSA) is 102 Å². The third kappa shape index (κ3) is 4.13. The summed E-state index contributed by atoms with van der Waals surface area (Å²) in [6.07, 6.45) is 1.63. The number of nitrogen functional groups attached to an aromatic ring is 1. The number of nitrogens with zero attached hydrogens (tertiary/aromatic N) is 1. The van der Waals surface area contributed by atoms with Gasteiger partial charge in [-0.25, -0.2) is 13.1 Å². The summed E-state index contributed by atoms with van der Waals surface area (Å²) in [5, 5.41) is 0. The summed E-state index contributed by atoms with van der Waals surface area (Å²) >= 11 is 0. The third-order valence-corrected chi connectivity index (χ3v) is 5.98. The van der Waals surface area contributed by atoms with E-state index in [1.165, 1.54) is 19.2 Å². The molecule has 0 saturated carbocycles. The summed E-state index contributed by atoms with van der Waals surface area (Å²) < 4.78 is 32.1. The average Bonchev–Trinajstić information content (AvgIpc) is 2.68. The molecule has 144 valence electrons. The van der Waals surface area contributed by atoms with Gasteiger partial charge in [-0.3, -0.25) is 4.79 Å². The Morgan fingerprint density at radius 3 is 2.81 bits per heavy atom. The predicted octanol–water partition coefficient (Wildman–Crippen LogP) is 1.79. The van der Waals surface area contributed by atoms with Crippen LogP contribution < -0.4 is 15.4 Å². The summed E-state index contributed by atoms with van der Waals surface area (Å²) in [6, 6.07) is 11.6. The van der Waals surface area contributed by atoms with Gasteiger partial charge in [-0.2, -0.15) is 0 Å². The fraction of sp³-hybridized carbons (Fsp3) is 0.316. The minimum atomic E-state index is -3.71. The molecule has 2 aromatic rings. The number of carbonyl (C=O) groups is 1. The van der Waals surface area contributed by atoms with E-state index in [9.17, 15) is 13.2 Å². The molecule has 3 N–H and O–H groups in total. The lowest BCUT2D eigenvalue weighted by atomic mass is 9.99. The van der Waals surface area contributed by atoms with Gasteiger partial charge in [0.2, 0.25) is 10.0 Å². The molecule has 1 amide bonds. The number of benzene rings is 2. The molecule has 2 aromatic carbocycles. The van der Waals surface area contributed by atoms with Crippen LogP contribution in [-0.4, -0.2) is 41.1 Å². The van der Waals surface area contributed by atoms with Crippen LogP contribution >= 0.6 is 0 Å². The van der Waals surface area contributed by atoms with Gasteiger partial charge < -0.3 is 15.4 Å². The summed E-state index contributed by atoms with van der Waals surface area (Å²) in [4.78, 5) is 14.8. The van der Waals surface area contributed by atoms with Crippen molar-refractivity contribution < 1.29 is 17.9 Å². The van der Waals surface area contributed by atoms with E-state index in [-0.39, 0.29) is 24.0 Å². The molecule has 0 bridgehead atoms. The molecule has 7 nitrogen and oxygen atoms in total. The number of methoxy groups -OCH3 is 1. The van der Waals surface area contributed by atoms with Crippen molar-refractivity contribution in [1.29, 1.82) is 0 Å². The van der Waals surface area contributed by atoms with Crippen LogP contribution in [0.25, 0.3) is 0 Å². The minimum absolute atomic E-state index is 0.0502. The second-order valence-electron chi connectivity index (χ2n) is 6.32. The normalized spacial score (nSPS) is 14.0. The maximum Gasteiger partial charge on any atom is 0.258 e. The Bertz CT molecular complexity index is 944. The van der Waals surface area contributed by atoms with E-state index in [1.54, 1.807) is 17.0 Å². The van der Waals surface area contributed by atoms with Crippen molar-refractivity contribution in [2.75, 3.05) is 37.4 Å². The summed E-state index contributed by atoms with van der Waals surface area (Å²) in [6.45, 7) is 0.998. The Labute approximate surface area is 159 Å². The molecular formula is C19H23N3O4S. The van der Waals surface area contributed by atoms with Crippen LogP contribution in [0.15, 0.2) is 47.4 Å². The number of fused-ring (bicyclic) bond motifs is 1. The number of hydrogen-bond acceptors (Lipinski definition) is 5. The number of nitrogens with one attached hydrogen (secondary N) is 1. The lowest BCUT2D eigenvalue weighted by molar-refractivity contribution is 0.0985. The van der Waals surface area contributed by atoms with E-state index in [4.69, 9.17) is 10.5 Å². The van der Waals surface area contributed by atoms with Gasteiger partial charge in [0.1, 0.15) is 0 Å². The second-order valence-corrected chi connectivity index (χ2v) is 8.09. The fourth-order valence-electron chi connectivity index (χ4n) is 3.18. The summed E-state index contributed by atoms with van der Waals surface area (Å²) in [7, 11) is -2.21. The second kappa shape index (κ2) is 8.08. The quantitative estimate of drug-likeness (QED) is 0.579. The highest BCUT2D eigenvalue weighted by molar-refractivity contribution is 7.89. The zero-order valence-corrected chi connectivity index (χ0v) is 16.0. The van der Waals surface area contributed by atoms with Gasteiger partial charge in [0.25, 0.3) is 5.91 Å². The zero-order valence-electron chi connectivity index (χ0n) is 15.1. The maximum absolute atomic E-state index is 13.1. The van der Waals surface area contributed by atoms with E-state index in [0.717, 1.165) is 24.1 Å². The number of anilines is 2. The highest BCUT2D eigenvalue weighted by Gasteiger charge is 2.25. The van der Waals surface area contributed by atoms with E-state index in [1.807, 2.05) is 18.2 Å². The molecule has 0 aliphatic carbocycles. The number of ether oxygens (including phenoxy) is 1. The Morgan fingerprint density at radius 2 is 2.04 bits per heavy atom. The van der Waals surface area contributed by atoms with E-state index >= 15 is 0 Å². The lowest BCUT2D eigenvalue weighted by Crippen LogP contribution is -2.36. The number of amides is 1. The van der Waals surface area contributed by atoms with Crippen molar-refractivity contribution in [2.45, 2.75) is 17.7 Å². The molecule has 8 heteroatoms. The zero-order chi connectivity index (χ0) is 19.4. The van der Waals surface area contributed by atoms with Gasteiger partial charge in [-0.05, 0) is 48.7 Å². The Morgan fingerprint density at radius 1 is 1.26 bits per heavy atom. The molecule has 0 radical (unpaired) electrons. The SMILES string of the molecule is COCCNS(=O)(=O)c1cccc(C(=O)N2CCCc3c(N)cccc32)c1. The molecule has 0 atom stereocenters. The van der Waals surface area contributed by atoms with E-state index in [0.29, 0.717) is 17.8 Å². The molecule has 3 rings (SSSR count). The number of sulfonamides is 1. The predicted molar refractivity (Wildman–Crippen MR) is 104 cm³/mol. The van der Waals surface area contributed by atoms with Gasteiger partial charge in [0.05, 0.1) is 11.5 Å². The molecule has 1 aliphatic heterocycles. The fourth-order valence-corrected chi connectivity index (χ4v) is 4.23. The van der Waals surface area contributed by atoms with E-state index in [2.05, 4.69) is 4.72 Å². The van der Waals surface area contributed by atoms with Gasteiger partial charge >= 0.3 is 0 Å². The van der Waals surface area contributed by atoms with Crippen molar-refractivity contribution >= 4 is 27.3 Å². The number of carbonyl (C=O) groups excluding carboxylic acids is 1. The van der Waals surface area contributed by atoms with Crippen molar-refractivity contribution in [1.82, 2.24) is 4.72 Å². The highest BCUT2D eigenvalue weighted by atomic mass is 32.2. The van der Waals surface area contributed by atoms with Gasteiger partial charge in [0, 0.05) is 37.1 Å². The van der Waals surface area contributed by atoms with E-state index < -0.39 is 10.0 Å². The van der Waals surface area contributed by atoms with Gasteiger partial charge in [-0.15, -0.1) is 0 Å². The maximum atomic E-state index is 13.1. The Hall–Kier alpha value is -2.42. The Balaban J connectivity index is 1.88. The molecule has 0 unspecified atom stereocenters. The van der Waals surface area contributed by atoms with Crippen molar-refractivity contribution in [2.24, 2.45) is 0 Å². The van der Waals surface area contributed by atoms with Crippen molar-refractivity contribution in [3.63, 3.8) is 0 Å². The third-order valence-electron chi connectivity index (χ3n) is 4.52. The minimum Gasteiger partial charge on any atom is -0.398 e. The monoisotopic (exact) mass is 389 g/mol. The molecule has 0 aromatic heterocycles. The standard InChI is InChI=1S/C19H23N3O4S/c1-26-12-10-21-27(24,25)15-6-2-5-14(13-15)19(23)22-11-4-7-16-17(20)8-3-9-18(16)22/h2-3,5-6,8-9,13,21H,4,7,10-12,20H2,1H3. The smallest absolute Gasteiger partial charge is 0.258 e. The van der Waals surface area contributed by atoms with Crippen LogP contribution in [-0.2, 0) is 21.2 Å². The van der Waals surface area contributed by atoms with Crippen molar-refractivity contribution in [3.8, 4) is 0 Å². The first-order valence-electron chi connectivity index (χ1n) is 8.72. The average molecular weight is 389 g/mol. The first-order valence-corrected chi connectivity index (χ1v) is 10.2. The summed E-state index contributed by atoms with van der Waals surface area (Å²) in [5.74, 6) is -0.240. The molecule has 1 heterocycles. The van der Waals surface area contributed by atoms with Crippen LogP contribution in [0.1, 0.15) is 22.3 Å². The molecular weight excluding hydrogens is 366 g/mol. The van der Waals surface area contributed by atoms with Crippen LogP contribution in [0.5, 0.6) is 0 Å². The van der Waals surface area contributed by atoms with Crippen LogP contribution in [0.4, 0.5) is 11.4 Å². The molecule has 0 spiro atoms. The highest BCUT2D eigenvalue weighted by Crippen LogP contribution is 2.32. The molecule has 0 saturated heterocycles. The van der Waals surface area contributed by atoms with Gasteiger partial charge in [-0.1, -0.05) is 12.1 Å². The molecule has 1 aliphatic rings. The largest absolute Gasteiger partial charge is 0.398 e. The molecule has 27 heavy (non-hydrogen) atoms. The first kappa shape index (κ1) is 19.3. The number of rotatable bonds is 6. The number of nitrogens with two attached hydrogens (primary N) is 1. The number of hydrogen-bond donors (Lipinski definition) is 2.